The first-order chi connectivity index (χ1) is 8.66. The number of rotatable bonds is 5. The van der Waals surface area contributed by atoms with Crippen molar-refractivity contribution in [2.75, 3.05) is 6.54 Å². The Morgan fingerprint density at radius 3 is 2.72 bits per heavy atom. The van der Waals surface area contributed by atoms with E-state index in [1.165, 1.54) is 0 Å². The monoisotopic (exact) mass is 266 g/mol. The number of aromatic nitrogens is 3. The molecule has 2 aromatic rings. The number of aliphatic hydroxyl groups is 1. The molecule has 2 N–H and O–H groups in total. The van der Waals surface area contributed by atoms with Crippen LogP contribution in [-0.2, 0) is 13.6 Å². The molecule has 0 aliphatic heterocycles. The summed E-state index contributed by atoms with van der Waals surface area (Å²) in [5.41, 5.74) is 1.81. The molecule has 96 valence electrons. The van der Waals surface area contributed by atoms with E-state index in [9.17, 15) is 5.11 Å². The van der Waals surface area contributed by atoms with Gasteiger partial charge in [-0.2, -0.15) is 0 Å². The second-order valence-corrected chi connectivity index (χ2v) is 4.48. The summed E-state index contributed by atoms with van der Waals surface area (Å²) in [5, 5.41) is 21.4. The maximum absolute atomic E-state index is 9.97. The third kappa shape index (κ3) is 3.29. The highest BCUT2D eigenvalue weighted by Gasteiger charge is 2.07. The lowest BCUT2D eigenvalue weighted by Gasteiger charge is -2.12. The zero-order valence-electron chi connectivity index (χ0n) is 10.0. The van der Waals surface area contributed by atoms with Gasteiger partial charge in [-0.25, -0.2) is 0 Å². The highest BCUT2D eigenvalue weighted by atomic mass is 35.5. The maximum atomic E-state index is 9.97. The van der Waals surface area contributed by atoms with E-state index in [1.54, 1.807) is 23.0 Å². The van der Waals surface area contributed by atoms with Crippen molar-refractivity contribution in [3.8, 4) is 0 Å². The van der Waals surface area contributed by atoms with E-state index >= 15 is 0 Å². The third-order valence-electron chi connectivity index (χ3n) is 2.71. The smallest absolute Gasteiger partial charge is 0.0914 e. The highest BCUT2D eigenvalue weighted by molar-refractivity contribution is 6.30. The van der Waals surface area contributed by atoms with Gasteiger partial charge >= 0.3 is 0 Å². The zero-order valence-corrected chi connectivity index (χ0v) is 10.8. The molecule has 0 amide bonds. The van der Waals surface area contributed by atoms with Gasteiger partial charge in [0.15, 0.2) is 0 Å². The Kier molecular flexibility index (Phi) is 4.30. The van der Waals surface area contributed by atoms with Crippen LogP contribution in [0.3, 0.4) is 0 Å². The predicted octanol–water partition coefficient (Wildman–Crippen LogP) is 1.29. The minimum Gasteiger partial charge on any atom is -0.387 e. The number of nitrogens with zero attached hydrogens (tertiary/aromatic N) is 3. The first-order valence-electron chi connectivity index (χ1n) is 5.64. The molecular formula is C12H15ClN4O. The summed E-state index contributed by atoms with van der Waals surface area (Å²) in [7, 11) is 1.83. The van der Waals surface area contributed by atoms with E-state index in [0.29, 0.717) is 18.1 Å². The van der Waals surface area contributed by atoms with Crippen molar-refractivity contribution >= 4 is 11.6 Å². The normalized spacial score (nSPS) is 12.6. The molecule has 1 atom stereocenters. The van der Waals surface area contributed by atoms with Gasteiger partial charge in [0.25, 0.3) is 0 Å². The molecule has 0 spiro atoms. The van der Waals surface area contributed by atoms with Crippen molar-refractivity contribution in [3.05, 3.63) is 46.7 Å². The summed E-state index contributed by atoms with van der Waals surface area (Å²) in [6, 6.07) is 7.18. The fourth-order valence-corrected chi connectivity index (χ4v) is 1.74. The number of hydrogen-bond acceptors (Lipinski definition) is 4. The Hall–Kier alpha value is -1.43. The lowest BCUT2D eigenvalue weighted by molar-refractivity contribution is 0.174. The summed E-state index contributed by atoms with van der Waals surface area (Å²) in [6.45, 7) is 1.08. The summed E-state index contributed by atoms with van der Waals surface area (Å²) in [4.78, 5) is 0. The Morgan fingerprint density at radius 1 is 1.39 bits per heavy atom. The van der Waals surface area contributed by atoms with E-state index in [2.05, 4.69) is 15.6 Å². The molecule has 0 aliphatic carbocycles. The van der Waals surface area contributed by atoms with Crippen molar-refractivity contribution in [1.29, 1.82) is 0 Å². The van der Waals surface area contributed by atoms with Crippen LogP contribution in [-0.4, -0.2) is 26.6 Å². The van der Waals surface area contributed by atoms with E-state index in [1.807, 2.05) is 19.2 Å². The molecule has 1 aromatic heterocycles. The quantitative estimate of drug-likeness (QED) is 0.856. The lowest BCUT2D eigenvalue weighted by Crippen LogP contribution is -2.22. The highest BCUT2D eigenvalue weighted by Crippen LogP contribution is 2.15. The Morgan fingerprint density at radius 2 is 2.11 bits per heavy atom. The van der Waals surface area contributed by atoms with Gasteiger partial charge in [-0.3, -0.25) is 4.68 Å². The van der Waals surface area contributed by atoms with Gasteiger partial charge in [-0.1, -0.05) is 28.9 Å². The molecule has 1 unspecified atom stereocenters. The average molecular weight is 267 g/mol. The van der Waals surface area contributed by atoms with E-state index < -0.39 is 6.10 Å². The predicted molar refractivity (Wildman–Crippen MR) is 69.1 cm³/mol. The van der Waals surface area contributed by atoms with Crippen LogP contribution in [0.1, 0.15) is 17.4 Å². The molecular weight excluding hydrogens is 252 g/mol. The van der Waals surface area contributed by atoms with Crippen LogP contribution < -0.4 is 5.32 Å². The topological polar surface area (TPSA) is 63.0 Å². The number of hydrogen-bond donors (Lipinski definition) is 2. The zero-order chi connectivity index (χ0) is 13.0. The molecule has 2 rings (SSSR count). The summed E-state index contributed by atoms with van der Waals surface area (Å²) in [5.74, 6) is 0. The van der Waals surface area contributed by atoms with Gasteiger partial charge in [0.1, 0.15) is 0 Å². The van der Waals surface area contributed by atoms with Crippen LogP contribution in [0.4, 0.5) is 0 Å². The average Bonchev–Trinajstić information content (AvgIpc) is 2.76. The van der Waals surface area contributed by atoms with Crippen molar-refractivity contribution < 1.29 is 5.11 Å². The van der Waals surface area contributed by atoms with Crippen molar-refractivity contribution in [1.82, 2.24) is 20.3 Å². The minimum atomic E-state index is -0.552. The third-order valence-corrected chi connectivity index (χ3v) is 2.96. The first-order valence-corrected chi connectivity index (χ1v) is 6.02. The number of benzene rings is 1. The number of aliphatic hydroxyl groups excluding tert-OH is 1. The van der Waals surface area contributed by atoms with Gasteiger partial charge in [-0.05, 0) is 17.7 Å². The van der Waals surface area contributed by atoms with Gasteiger partial charge in [0.05, 0.1) is 18.0 Å². The summed E-state index contributed by atoms with van der Waals surface area (Å²) < 4.78 is 1.70. The summed E-state index contributed by atoms with van der Waals surface area (Å²) in [6.07, 6.45) is 1.14. The SMILES string of the molecule is Cn1nncc1CNCC(O)c1ccc(Cl)cc1. The molecule has 0 bridgehead atoms. The van der Waals surface area contributed by atoms with Crippen LogP contribution in [0.5, 0.6) is 0 Å². The van der Waals surface area contributed by atoms with Crippen LogP contribution in [0.15, 0.2) is 30.5 Å². The van der Waals surface area contributed by atoms with Crippen molar-refractivity contribution in [3.63, 3.8) is 0 Å². The van der Waals surface area contributed by atoms with Crippen LogP contribution in [0.2, 0.25) is 5.02 Å². The fourth-order valence-electron chi connectivity index (χ4n) is 1.61. The molecule has 6 heteroatoms. The second-order valence-electron chi connectivity index (χ2n) is 4.05. The molecule has 0 saturated carbocycles. The Balaban J connectivity index is 1.83. The summed E-state index contributed by atoms with van der Waals surface area (Å²) >= 11 is 5.79. The number of halogens is 1. The van der Waals surface area contributed by atoms with E-state index in [4.69, 9.17) is 11.6 Å². The maximum Gasteiger partial charge on any atom is 0.0914 e. The van der Waals surface area contributed by atoms with Gasteiger partial charge in [0.2, 0.25) is 0 Å². The Labute approximate surface area is 110 Å². The van der Waals surface area contributed by atoms with Gasteiger partial charge < -0.3 is 10.4 Å². The molecule has 5 nitrogen and oxygen atoms in total. The molecule has 18 heavy (non-hydrogen) atoms. The van der Waals surface area contributed by atoms with E-state index in [-0.39, 0.29) is 0 Å². The Bertz CT molecular complexity index is 497. The van der Waals surface area contributed by atoms with Gasteiger partial charge in [0, 0.05) is 25.2 Å². The molecule has 0 fully saturated rings. The van der Waals surface area contributed by atoms with Crippen LogP contribution >= 0.6 is 11.6 Å². The first kappa shape index (κ1) is 13.0. The standard InChI is InChI=1S/C12H15ClN4O/c1-17-11(7-15-16-17)6-14-8-12(18)9-2-4-10(13)5-3-9/h2-5,7,12,14,18H,6,8H2,1H3. The lowest BCUT2D eigenvalue weighted by atomic mass is 10.1. The van der Waals surface area contributed by atoms with Crippen molar-refractivity contribution in [2.45, 2.75) is 12.6 Å². The van der Waals surface area contributed by atoms with Crippen LogP contribution in [0.25, 0.3) is 0 Å². The van der Waals surface area contributed by atoms with Gasteiger partial charge in [-0.15, -0.1) is 5.10 Å². The molecule has 0 aliphatic rings. The second kappa shape index (κ2) is 5.95. The van der Waals surface area contributed by atoms with Crippen LogP contribution in [0, 0.1) is 0 Å². The largest absolute Gasteiger partial charge is 0.387 e. The molecule has 0 radical (unpaired) electrons. The van der Waals surface area contributed by atoms with E-state index in [0.717, 1.165) is 11.3 Å². The number of aryl methyl sites for hydroxylation is 1. The fraction of sp³-hybridized carbons (Fsp3) is 0.333. The molecule has 1 aromatic carbocycles. The van der Waals surface area contributed by atoms with Crippen molar-refractivity contribution in [2.24, 2.45) is 7.05 Å². The molecule has 1 heterocycles. The number of nitrogens with one attached hydrogen (secondary N) is 1. The minimum absolute atomic E-state index is 0.465. The molecule has 0 saturated heterocycles.